The van der Waals surface area contributed by atoms with Crippen molar-refractivity contribution in [1.82, 2.24) is 5.32 Å². The summed E-state index contributed by atoms with van der Waals surface area (Å²) in [5, 5.41) is 11.5. The zero-order valence-corrected chi connectivity index (χ0v) is 10.7. The first-order chi connectivity index (χ1) is 9.43. The van der Waals surface area contributed by atoms with Gasteiger partial charge < -0.3 is 10.4 Å². The van der Waals surface area contributed by atoms with Crippen LogP contribution in [0.25, 0.3) is 0 Å². The first-order valence-electron chi connectivity index (χ1n) is 5.15. The number of carbonyl (C=O) groups is 2. The van der Waals surface area contributed by atoms with E-state index in [2.05, 4.69) is 0 Å². The Bertz CT molecular complexity index is 536. The molecule has 4 nitrogen and oxygen atoms in total. The number of amides is 1. The monoisotopic (exact) mass is 335 g/mol. The Hall–Kier alpha value is -1.78. The van der Waals surface area contributed by atoms with E-state index in [1.54, 1.807) is 0 Å². The number of rotatable bonds is 4. The zero-order valence-electron chi connectivity index (χ0n) is 9.88. The first kappa shape index (κ1) is 17.3. The molecule has 0 spiro atoms. The predicted octanol–water partition coefficient (Wildman–Crippen LogP) is 2.44. The highest BCUT2D eigenvalue weighted by molar-refractivity contribution is 7.08. The number of carboxylic acids is 1. The van der Waals surface area contributed by atoms with Gasteiger partial charge in [-0.2, -0.15) is 37.7 Å². The molecule has 1 amide bonds. The fraction of sp³-hybridized carbons (Fsp3) is 0.400. The van der Waals surface area contributed by atoms with Gasteiger partial charge in [-0.3, -0.25) is 4.79 Å². The molecular formula is C10H7F6NO3S. The third kappa shape index (κ3) is 4.62. The summed E-state index contributed by atoms with van der Waals surface area (Å²) < 4.78 is 73.8. The van der Waals surface area contributed by atoms with Crippen LogP contribution in [-0.2, 0) is 22.2 Å². The first-order valence-corrected chi connectivity index (χ1v) is 6.10. The van der Waals surface area contributed by atoms with E-state index >= 15 is 0 Å². The Labute approximate surface area is 117 Å². The molecule has 0 saturated carbocycles. The number of hydrogen-bond acceptors (Lipinski definition) is 3. The fourth-order valence-corrected chi connectivity index (χ4v) is 2.27. The molecule has 1 heterocycles. The van der Waals surface area contributed by atoms with Gasteiger partial charge in [-0.1, -0.05) is 0 Å². The fourth-order valence-electron chi connectivity index (χ4n) is 1.39. The minimum atomic E-state index is -5.32. The molecule has 21 heavy (non-hydrogen) atoms. The standard InChI is InChI=1S/C10H7F6NO3S/c11-9(12,13)5-3-21-2-4(5)1-6(7(18)19)17-8(20)10(14,15)16/h2-3,6H,1H2,(H,17,20)(H,18,19). The van der Waals surface area contributed by atoms with Crippen LogP contribution in [-0.4, -0.2) is 29.2 Å². The molecule has 1 rings (SSSR count). The normalized spacial score (nSPS) is 13.8. The van der Waals surface area contributed by atoms with E-state index < -0.39 is 47.8 Å². The number of thiophene rings is 1. The van der Waals surface area contributed by atoms with E-state index in [0.717, 1.165) is 10.7 Å². The number of alkyl halides is 6. The molecule has 0 aliphatic carbocycles. The summed E-state index contributed by atoms with van der Waals surface area (Å²) in [7, 11) is 0. The molecule has 0 fully saturated rings. The molecule has 0 aliphatic heterocycles. The van der Waals surface area contributed by atoms with E-state index in [4.69, 9.17) is 5.11 Å². The largest absolute Gasteiger partial charge is 0.480 e. The average molecular weight is 335 g/mol. The Morgan fingerprint density at radius 3 is 2.19 bits per heavy atom. The lowest BCUT2D eigenvalue weighted by Gasteiger charge is -2.16. The lowest BCUT2D eigenvalue weighted by molar-refractivity contribution is -0.175. The van der Waals surface area contributed by atoms with Crippen LogP contribution in [0.2, 0.25) is 0 Å². The van der Waals surface area contributed by atoms with Gasteiger partial charge in [0.25, 0.3) is 0 Å². The van der Waals surface area contributed by atoms with Crippen LogP contribution >= 0.6 is 11.3 Å². The number of carbonyl (C=O) groups excluding carboxylic acids is 1. The quantitative estimate of drug-likeness (QED) is 0.831. The van der Waals surface area contributed by atoms with E-state index in [1.165, 1.54) is 0 Å². The molecule has 0 bridgehead atoms. The van der Waals surface area contributed by atoms with Gasteiger partial charge in [-0.15, -0.1) is 0 Å². The van der Waals surface area contributed by atoms with Crippen LogP contribution in [0.15, 0.2) is 10.8 Å². The van der Waals surface area contributed by atoms with Crippen LogP contribution in [0, 0.1) is 0 Å². The molecule has 2 N–H and O–H groups in total. The van der Waals surface area contributed by atoms with Crippen molar-refractivity contribution >= 4 is 23.2 Å². The lowest BCUT2D eigenvalue weighted by atomic mass is 10.0. The van der Waals surface area contributed by atoms with E-state index in [1.807, 2.05) is 0 Å². The molecule has 0 radical (unpaired) electrons. The van der Waals surface area contributed by atoms with E-state index in [9.17, 15) is 35.9 Å². The van der Waals surface area contributed by atoms with Crippen molar-refractivity contribution in [3.05, 3.63) is 21.9 Å². The number of nitrogens with one attached hydrogen (secondary N) is 1. The second-order valence-electron chi connectivity index (χ2n) is 3.87. The van der Waals surface area contributed by atoms with Crippen molar-refractivity contribution in [2.24, 2.45) is 0 Å². The third-order valence-electron chi connectivity index (χ3n) is 2.33. The summed E-state index contributed by atoms with van der Waals surface area (Å²) in [6.45, 7) is 0. The summed E-state index contributed by atoms with van der Waals surface area (Å²) in [5.41, 5.74) is -1.64. The number of aliphatic carboxylic acids is 1. The van der Waals surface area contributed by atoms with Gasteiger partial charge >= 0.3 is 24.2 Å². The topological polar surface area (TPSA) is 66.4 Å². The highest BCUT2D eigenvalue weighted by Gasteiger charge is 2.41. The number of halogens is 6. The van der Waals surface area contributed by atoms with Crippen LogP contribution in [0.5, 0.6) is 0 Å². The number of hydrogen-bond donors (Lipinski definition) is 2. The van der Waals surface area contributed by atoms with Crippen molar-refractivity contribution in [1.29, 1.82) is 0 Å². The Morgan fingerprint density at radius 2 is 1.76 bits per heavy atom. The Morgan fingerprint density at radius 1 is 1.19 bits per heavy atom. The van der Waals surface area contributed by atoms with Crippen LogP contribution in [0.3, 0.4) is 0 Å². The molecule has 1 aromatic rings. The molecule has 1 unspecified atom stereocenters. The van der Waals surface area contributed by atoms with Crippen LogP contribution < -0.4 is 5.32 Å². The predicted molar refractivity (Wildman–Crippen MR) is 58.6 cm³/mol. The molecule has 0 saturated heterocycles. The van der Waals surface area contributed by atoms with Crippen LogP contribution in [0.1, 0.15) is 11.1 Å². The smallest absolute Gasteiger partial charge is 0.471 e. The van der Waals surface area contributed by atoms with Gasteiger partial charge in [0.1, 0.15) is 6.04 Å². The molecule has 118 valence electrons. The SMILES string of the molecule is O=C(O)C(Cc1cscc1C(F)(F)F)NC(=O)C(F)(F)F. The average Bonchev–Trinajstić information content (AvgIpc) is 2.74. The van der Waals surface area contributed by atoms with E-state index in [0.29, 0.717) is 16.7 Å². The third-order valence-corrected chi connectivity index (χ3v) is 3.12. The maximum Gasteiger partial charge on any atom is 0.471 e. The summed E-state index contributed by atoms with van der Waals surface area (Å²) in [6, 6.07) is -2.12. The van der Waals surface area contributed by atoms with Crippen molar-refractivity contribution in [2.75, 3.05) is 0 Å². The Kier molecular flexibility index (Phi) is 4.87. The summed E-state index contributed by atoms with van der Waals surface area (Å²) >= 11 is 0.623. The lowest BCUT2D eigenvalue weighted by Crippen LogP contribution is -2.48. The minimum Gasteiger partial charge on any atom is -0.480 e. The van der Waals surface area contributed by atoms with E-state index in [-0.39, 0.29) is 0 Å². The molecule has 0 aliphatic rings. The highest BCUT2D eigenvalue weighted by Crippen LogP contribution is 2.34. The van der Waals surface area contributed by atoms with Gasteiger partial charge in [0.05, 0.1) is 5.56 Å². The summed E-state index contributed by atoms with van der Waals surface area (Å²) in [5.74, 6) is -4.40. The molecule has 1 aromatic heterocycles. The molecule has 0 aromatic carbocycles. The van der Waals surface area contributed by atoms with Crippen molar-refractivity contribution in [3.63, 3.8) is 0 Å². The van der Waals surface area contributed by atoms with Crippen molar-refractivity contribution in [2.45, 2.75) is 24.8 Å². The van der Waals surface area contributed by atoms with Gasteiger partial charge in [-0.25, -0.2) is 4.79 Å². The minimum absolute atomic E-state index is 0.498. The molecular weight excluding hydrogens is 328 g/mol. The zero-order chi connectivity index (χ0) is 16.4. The van der Waals surface area contributed by atoms with Gasteiger partial charge in [-0.05, 0) is 10.9 Å². The van der Waals surface area contributed by atoms with Crippen molar-refractivity contribution < 1.29 is 41.0 Å². The van der Waals surface area contributed by atoms with Crippen molar-refractivity contribution in [3.8, 4) is 0 Å². The van der Waals surface area contributed by atoms with Crippen LogP contribution in [0.4, 0.5) is 26.3 Å². The van der Waals surface area contributed by atoms with Gasteiger partial charge in [0, 0.05) is 11.8 Å². The van der Waals surface area contributed by atoms with Gasteiger partial charge in [0.15, 0.2) is 0 Å². The summed E-state index contributed by atoms with van der Waals surface area (Å²) in [4.78, 5) is 21.5. The Balaban J connectivity index is 2.93. The maximum atomic E-state index is 12.6. The summed E-state index contributed by atoms with van der Waals surface area (Å²) in [6.07, 6.45) is -11.0. The van der Waals surface area contributed by atoms with Gasteiger partial charge in [0.2, 0.25) is 0 Å². The molecule has 1 atom stereocenters. The number of carboxylic acid groups (broad SMARTS) is 1. The second-order valence-corrected chi connectivity index (χ2v) is 4.62. The second kappa shape index (κ2) is 5.92. The maximum absolute atomic E-state index is 12.6. The highest BCUT2D eigenvalue weighted by atomic mass is 32.1. The molecule has 11 heteroatoms.